The summed E-state index contributed by atoms with van der Waals surface area (Å²) in [4.78, 5) is 2.40. The van der Waals surface area contributed by atoms with E-state index in [0.717, 1.165) is 36.5 Å². The molecule has 1 unspecified atom stereocenters. The fraction of sp³-hybridized carbons (Fsp3) is 0.625. The Morgan fingerprint density at radius 3 is 2.57 bits per heavy atom. The number of hydrogen-bond acceptors (Lipinski definition) is 4. The van der Waals surface area contributed by atoms with Crippen LogP contribution in [-0.4, -0.2) is 55.3 Å². The smallest absolute Gasteiger partial charge is 0.119 e. The largest absolute Gasteiger partial charge is 0.497 e. The highest BCUT2D eigenvalue weighted by Gasteiger charge is 2.32. The molecule has 1 atom stereocenters. The summed E-state index contributed by atoms with van der Waals surface area (Å²) >= 11 is 3.51. The molecule has 1 aliphatic rings. The van der Waals surface area contributed by atoms with Crippen LogP contribution >= 0.6 is 15.9 Å². The molecule has 2 rings (SSSR count). The third-order valence-electron chi connectivity index (χ3n) is 3.46. The van der Waals surface area contributed by atoms with Crippen molar-refractivity contribution in [2.45, 2.75) is 25.6 Å². The van der Waals surface area contributed by atoms with Crippen LogP contribution in [0.5, 0.6) is 11.5 Å². The first-order chi connectivity index (χ1) is 10.0. The van der Waals surface area contributed by atoms with Crippen LogP contribution in [0.1, 0.15) is 13.8 Å². The maximum atomic E-state index is 6.00. The molecule has 21 heavy (non-hydrogen) atoms. The monoisotopic (exact) mass is 357 g/mol. The zero-order valence-electron chi connectivity index (χ0n) is 13.0. The van der Waals surface area contributed by atoms with E-state index < -0.39 is 0 Å². The van der Waals surface area contributed by atoms with Crippen LogP contribution in [0.2, 0.25) is 0 Å². The average molecular weight is 358 g/mol. The van der Waals surface area contributed by atoms with Gasteiger partial charge in [-0.15, -0.1) is 0 Å². The Bertz CT molecular complexity index is 436. The Morgan fingerprint density at radius 1 is 1.29 bits per heavy atom. The van der Waals surface area contributed by atoms with Crippen molar-refractivity contribution in [3.05, 3.63) is 24.3 Å². The Balaban J connectivity index is 1.79. The highest BCUT2D eigenvalue weighted by atomic mass is 79.9. The lowest BCUT2D eigenvalue weighted by molar-refractivity contribution is -0.127. The van der Waals surface area contributed by atoms with Gasteiger partial charge in [-0.05, 0) is 38.1 Å². The Hall–Kier alpha value is -0.780. The van der Waals surface area contributed by atoms with Gasteiger partial charge in [-0.2, -0.15) is 0 Å². The number of morpholine rings is 1. The van der Waals surface area contributed by atoms with Crippen molar-refractivity contribution < 1.29 is 14.2 Å². The van der Waals surface area contributed by atoms with Gasteiger partial charge in [0.2, 0.25) is 0 Å². The van der Waals surface area contributed by atoms with Crippen molar-refractivity contribution >= 4 is 15.9 Å². The summed E-state index contributed by atoms with van der Waals surface area (Å²) in [5.74, 6) is 1.72. The molecule has 118 valence electrons. The average Bonchev–Trinajstić information content (AvgIpc) is 2.46. The van der Waals surface area contributed by atoms with Gasteiger partial charge in [0.25, 0.3) is 0 Å². The molecule has 0 aromatic heterocycles. The summed E-state index contributed by atoms with van der Waals surface area (Å²) in [6.07, 6.45) is 0.245. The molecular formula is C16H24BrNO3. The van der Waals surface area contributed by atoms with E-state index in [2.05, 4.69) is 34.7 Å². The standard InChI is InChI=1S/C16H24BrNO3/c1-16(2)12-18(11-15(10-17)21-16)8-9-20-14-6-4-13(19-3)5-7-14/h4-7,15H,8-12H2,1-3H3. The summed E-state index contributed by atoms with van der Waals surface area (Å²) in [6.45, 7) is 7.74. The summed E-state index contributed by atoms with van der Waals surface area (Å²) in [6, 6.07) is 7.69. The van der Waals surface area contributed by atoms with Crippen molar-refractivity contribution in [3.63, 3.8) is 0 Å². The molecule has 1 saturated heterocycles. The first kappa shape index (κ1) is 16.6. The second-order valence-electron chi connectivity index (χ2n) is 5.91. The molecule has 0 radical (unpaired) electrons. The molecule has 4 nitrogen and oxygen atoms in total. The van der Waals surface area contributed by atoms with Gasteiger partial charge in [-0.3, -0.25) is 4.90 Å². The van der Waals surface area contributed by atoms with E-state index in [1.807, 2.05) is 24.3 Å². The first-order valence-corrected chi connectivity index (χ1v) is 8.37. The molecule has 0 N–H and O–H groups in total. The fourth-order valence-electron chi connectivity index (χ4n) is 2.63. The minimum absolute atomic E-state index is 0.100. The maximum absolute atomic E-state index is 6.00. The van der Waals surface area contributed by atoms with Crippen molar-refractivity contribution in [2.75, 3.05) is 38.7 Å². The van der Waals surface area contributed by atoms with Gasteiger partial charge in [-0.1, -0.05) is 15.9 Å². The molecule has 5 heteroatoms. The molecule has 0 spiro atoms. The minimum atomic E-state index is -0.100. The van der Waals surface area contributed by atoms with Crippen molar-refractivity contribution in [1.29, 1.82) is 0 Å². The summed E-state index contributed by atoms with van der Waals surface area (Å²) in [5.41, 5.74) is -0.100. The summed E-state index contributed by atoms with van der Waals surface area (Å²) < 4.78 is 16.9. The van der Waals surface area contributed by atoms with Gasteiger partial charge in [0, 0.05) is 25.0 Å². The number of hydrogen-bond donors (Lipinski definition) is 0. The van der Waals surface area contributed by atoms with Gasteiger partial charge in [-0.25, -0.2) is 0 Å². The van der Waals surface area contributed by atoms with E-state index in [9.17, 15) is 0 Å². The minimum Gasteiger partial charge on any atom is -0.497 e. The van der Waals surface area contributed by atoms with Crippen LogP contribution in [0.3, 0.4) is 0 Å². The Morgan fingerprint density at radius 2 is 1.95 bits per heavy atom. The number of rotatable bonds is 6. The summed E-state index contributed by atoms with van der Waals surface area (Å²) in [7, 11) is 1.66. The van der Waals surface area contributed by atoms with Gasteiger partial charge < -0.3 is 14.2 Å². The van der Waals surface area contributed by atoms with Crippen LogP contribution in [0.25, 0.3) is 0 Å². The predicted octanol–water partition coefficient (Wildman–Crippen LogP) is 2.95. The SMILES string of the molecule is COc1ccc(OCCN2CC(CBr)OC(C)(C)C2)cc1. The molecule has 0 bridgehead atoms. The molecule has 1 aromatic rings. The normalized spacial score (nSPS) is 22.0. The third kappa shape index (κ3) is 5.16. The highest BCUT2D eigenvalue weighted by molar-refractivity contribution is 9.09. The van der Waals surface area contributed by atoms with Crippen molar-refractivity contribution in [3.8, 4) is 11.5 Å². The van der Waals surface area contributed by atoms with Crippen LogP contribution in [-0.2, 0) is 4.74 Å². The predicted molar refractivity (Wildman–Crippen MR) is 87.7 cm³/mol. The van der Waals surface area contributed by atoms with Crippen LogP contribution in [0, 0.1) is 0 Å². The third-order valence-corrected chi connectivity index (χ3v) is 4.18. The number of methoxy groups -OCH3 is 1. The lowest BCUT2D eigenvalue weighted by Crippen LogP contribution is -2.54. The highest BCUT2D eigenvalue weighted by Crippen LogP contribution is 2.22. The quantitative estimate of drug-likeness (QED) is 0.732. The van der Waals surface area contributed by atoms with Crippen LogP contribution < -0.4 is 9.47 Å². The molecule has 1 fully saturated rings. The zero-order valence-corrected chi connectivity index (χ0v) is 14.6. The van der Waals surface area contributed by atoms with Gasteiger partial charge >= 0.3 is 0 Å². The van der Waals surface area contributed by atoms with E-state index in [1.165, 1.54) is 0 Å². The topological polar surface area (TPSA) is 30.9 Å². The molecule has 1 aromatic carbocycles. The Labute approximate surface area is 135 Å². The van der Waals surface area contributed by atoms with Gasteiger partial charge in [0.05, 0.1) is 18.8 Å². The lowest BCUT2D eigenvalue weighted by atomic mass is 10.1. The number of halogens is 1. The fourth-order valence-corrected chi connectivity index (χ4v) is 2.97. The number of ether oxygens (including phenoxy) is 3. The number of benzene rings is 1. The van der Waals surface area contributed by atoms with Gasteiger partial charge in [0.1, 0.15) is 18.1 Å². The van der Waals surface area contributed by atoms with E-state index in [1.54, 1.807) is 7.11 Å². The van der Waals surface area contributed by atoms with Crippen molar-refractivity contribution in [2.24, 2.45) is 0 Å². The van der Waals surface area contributed by atoms with Crippen molar-refractivity contribution in [1.82, 2.24) is 4.90 Å². The Kier molecular flexibility index (Phi) is 5.90. The molecule has 1 heterocycles. The molecule has 0 aliphatic carbocycles. The first-order valence-electron chi connectivity index (χ1n) is 7.25. The maximum Gasteiger partial charge on any atom is 0.119 e. The van der Waals surface area contributed by atoms with E-state index in [4.69, 9.17) is 14.2 Å². The number of nitrogens with zero attached hydrogens (tertiary/aromatic N) is 1. The molecular weight excluding hydrogens is 334 g/mol. The van der Waals surface area contributed by atoms with Crippen LogP contribution in [0.15, 0.2) is 24.3 Å². The second kappa shape index (κ2) is 7.47. The summed E-state index contributed by atoms with van der Waals surface area (Å²) in [5, 5.41) is 0.867. The second-order valence-corrected chi connectivity index (χ2v) is 6.56. The van der Waals surface area contributed by atoms with E-state index in [-0.39, 0.29) is 11.7 Å². The zero-order chi connectivity index (χ0) is 15.3. The molecule has 0 amide bonds. The number of alkyl halides is 1. The lowest BCUT2D eigenvalue weighted by Gasteiger charge is -2.42. The van der Waals surface area contributed by atoms with E-state index in [0.29, 0.717) is 6.61 Å². The molecule has 0 saturated carbocycles. The van der Waals surface area contributed by atoms with Gasteiger partial charge in [0.15, 0.2) is 0 Å². The molecule has 1 aliphatic heterocycles. The van der Waals surface area contributed by atoms with Crippen LogP contribution in [0.4, 0.5) is 0 Å². The van der Waals surface area contributed by atoms with E-state index >= 15 is 0 Å².